The van der Waals surface area contributed by atoms with Crippen LogP contribution in [0.3, 0.4) is 0 Å². The van der Waals surface area contributed by atoms with Crippen LogP contribution in [0.1, 0.15) is 0 Å². The molecule has 0 unspecified atom stereocenters. The highest BCUT2D eigenvalue weighted by molar-refractivity contribution is 6.35. The molecule has 5 rings (SSSR count). The van der Waals surface area contributed by atoms with Gasteiger partial charge >= 0.3 is 0 Å². The predicted molar refractivity (Wildman–Crippen MR) is 106 cm³/mol. The summed E-state index contributed by atoms with van der Waals surface area (Å²) in [4.78, 5) is 0. The second-order valence-electron chi connectivity index (χ2n) is 6.71. The number of hydrogen-bond acceptors (Lipinski definition) is 6. The first kappa shape index (κ1) is 16.1. The largest absolute Gasteiger partial charge is 0.504 e. The molecule has 138 valence electrons. The monoisotopic (exact) mass is 374 g/mol. The van der Waals surface area contributed by atoms with Gasteiger partial charge < -0.3 is 30.6 Å². The molecule has 0 saturated heterocycles. The lowest BCUT2D eigenvalue weighted by atomic mass is 9.89. The molecule has 0 amide bonds. The maximum absolute atomic E-state index is 10.7. The molecule has 0 aliphatic rings. The fourth-order valence-corrected chi connectivity index (χ4v) is 4.01. The van der Waals surface area contributed by atoms with Gasteiger partial charge in [0.15, 0.2) is 23.0 Å². The van der Waals surface area contributed by atoms with Crippen LogP contribution in [0, 0.1) is 0 Å². The first-order chi connectivity index (χ1) is 13.4. The average Bonchev–Trinajstić information content (AvgIpc) is 2.71. The van der Waals surface area contributed by atoms with Crippen LogP contribution in [0.5, 0.6) is 34.5 Å². The Kier molecular flexibility index (Phi) is 3.02. The molecule has 5 aromatic carbocycles. The minimum Gasteiger partial charge on any atom is -0.504 e. The zero-order valence-electron chi connectivity index (χ0n) is 14.3. The number of phenolic OH excluding ortho intramolecular Hbond substituents is 6. The summed E-state index contributed by atoms with van der Waals surface area (Å²) in [5.74, 6) is -4.02. The number of fused-ring (bicyclic) bond motifs is 8. The molecule has 6 heteroatoms. The maximum Gasteiger partial charge on any atom is 0.204 e. The maximum atomic E-state index is 10.7. The molecule has 6 nitrogen and oxygen atoms in total. The van der Waals surface area contributed by atoms with E-state index in [2.05, 4.69) is 0 Å². The van der Waals surface area contributed by atoms with E-state index in [9.17, 15) is 30.6 Å². The zero-order chi connectivity index (χ0) is 19.7. The third-order valence-electron chi connectivity index (χ3n) is 5.27. The van der Waals surface area contributed by atoms with E-state index in [1.54, 1.807) is 12.1 Å². The van der Waals surface area contributed by atoms with E-state index in [-0.39, 0.29) is 16.2 Å². The molecular weight excluding hydrogens is 360 g/mol. The minimum absolute atomic E-state index is 0.0564. The van der Waals surface area contributed by atoms with E-state index in [4.69, 9.17) is 0 Å². The van der Waals surface area contributed by atoms with Gasteiger partial charge in [-0.15, -0.1) is 0 Å². The number of benzene rings is 5. The van der Waals surface area contributed by atoms with E-state index >= 15 is 0 Å². The van der Waals surface area contributed by atoms with Crippen LogP contribution in [0.2, 0.25) is 0 Å². The number of hydrogen-bond donors (Lipinski definition) is 6. The van der Waals surface area contributed by atoms with Crippen LogP contribution in [0.25, 0.3) is 43.1 Å². The van der Waals surface area contributed by atoms with Crippen LogP contribution in [0.15, 0.2) is 48.5 Å². The van der Waals surface area contributed by atoms with E-state index in [1.807, 2.05) is 30.3 Å². The predicted octanol–water partition coefficient (Wildman–Crippen LogP) is 4.53. The summed E-state index contributed by atoms with van der Waals surface area (Å²) in [7, 11) is 0. The van der Waals surface area contributed by atoms with Gasteiger partial charge in [0.25, 0.3) is 0 Å². The van der Waals surface area contributed by atoms with E-state index in [0.29, 0.717) is 16.2 Å². The van der Waals surface area contributed by atoms with Gasteiger partial charge in [-0.25, -0.2) is 0 Å². The lowest BCUT2D eigenvalue weighted by Gasteiger charge is -2.17. The first-order valence-electron chi connectivity index (χ1n) is 8.49. The minimum atomic E-state index is -0.909. The van der Waals surface area contributed by atoms with Crippen molar-refractivity contribution in [3.8, 4) is 34.5 Å². The SMILES string of the molecule is Oc1ccc2c3ccc4ccccc4c3c3c(O)c(O)c(O)c(O)c3c2c1O. The van der Waals surface area contributed by atoms with Gasteiger partial charge in [-0.1, -0.05) is 36.4 Å². The second-order valence-corrected chi connectivity index (χ2v) is 6.71. The van der Waals surface area contributed by atoms with Crippen molar-refractivity contribution < 1.29 is 30.6 Å². The van der Waals surface area contributed by atoms with Crippen molar-refractivity contribution in [2.24, 2.45) is 0 Å². The molecule has 6 N–H and O–H groups in total. The third-order valence-corrected chi connectivity index (χ3v) is 5.27. The van der Waals surface area contributed by atoms with E-state index < -0.39 is 34.5 Å². The fraction of sp³-hybridized carbons (Fsp3) is 0. The van der Waals surface area contributed by atoms with Crippen molar-refractivity contribution >= 4 is 43.1 Å². The van der Waals surface area contributed by atoms with Gasteiger partial charge in [0, 0.05) is 21.5 Å². The Labute approximate surface area is 157 Å². The van der Waals surface area contributed by atoms with Crippen molar-refractivity contribution in [2.75, 3.05) is 0 Å². The zero-order valence-corrected chi connectivity index (χ0v) is 14.3. The summed E-state index contributed by atoms with van der Waals surface area (Å²) < 4.78 is 0. The van der Waals surface area contributed by atoms with Gasteiger partial charge in [0.1, 0.15) is 0 Å². The Morgan fingerprint density at radius 3 is 1.68 bits per heavy atom. The molecule has 0 aromatic heterocycles. The summed E-state index contributed by atoms with van der Waals surface area (Å²) in [6.45, 7) is 0. The van der Waals surface area contributed by atoms with Gasteiger partial charge in [-0.2, -0.15) is 0 Å². The molecule has 0 saturated carbocycles. The Balaban J connectivity index is 2.30. The van der Waals surface area contributed by atoms with Crippen molar-refractivity contribution in [2.45, 2.75) is 0 Å². The van der Waals surface area contributed by atoms with Crippen molar-refractivity contribution in [1.29, 1.82) is 0 Å². The molecule has 0 aliphatic heterocycles. The summed E-state index contributed by atoms with van der Waals surface area (Å²) in [5.41, 5.74) is 0. The van der Waals surface area contributed by atoms with Crippen LogP contribution < -0.4 is 0 Å². The fourth-order valence-electron chi connectivity index (χ4n) is 4.01. The van der Waals surface area contributed by atoms with Gasteiger partial charge in [-0.3, -0.25) is 0 Å². The first-order valence-corrected chi connectivity index (χ1v) is 8.49. The number of rotatable bonds is 0. The van der Waals surface area contributed by atoms with Gasteiger partial charge in [0.05, 0.1) is 0 Å². The summed E-state index contributed by atoms with van der Waals surface area (Å²) >= 11 is 0. The van der Waals surface area contributed by atoms with Crippen LogP contribution in [-0.2, 0) is 0 Å². The third kappa shape index (κ3) is 1.81. The molecule has 0 fully saturated rings. The normalized spacial score (nSPS) is 11.7. The molecule has 5 aromatic rings. The van der Waals surface area contributed by atoms with E-state index in [0.717, 1.165) is 10.8 Å². The van der Waals surface area contributed by atoms with Gasteiger partial charge in [0.2, 0.25) is 11.5 Å². The Morgan fingerprint density at radius 1 is 0.393 bits per heavy atom. The Hall–Kier alpha value is -4.06. The van der Waals surface area contributed by atoms with Crippen molar-refractivity contribution in [3.05, 3.63) is 48.5 Å². The standard InChI is InChI=1S/C22H14O6/c23-13-8-7-12-11-6-5-9-3-1-2-4-10(9)14(11)16-17(15(12)18(13)24)20(26)22(28)21(27)19(16)25/h1-8,23-28H. The molecular formula is C22H14O6. The van der Waals surface area contributed by atoms with Crippen LogP contribution >= 0.6 is 0 Å². The highest BCUT2D eigenvalue weighted by Gasteiger charge is 2.25. The second kappa shape index (κ2) is 5.23. The van der Waals surface area contributed by atoms with Crippen molar-refractivity contribution in [3.63, 3.8) is 0 Å². The Morgan fingerprint density at radius 2 is 0.964 bits per heavy atom. The molecule has 0 spiro atoms. The quantitative estimate of drug-likeness (QED) is 0.135. The summed E-state index contributed by atoms with van der Waals surface area (Å²) in [5, 5.41) is 65.4. The molecule has 0 heterocycles. The molecule has 0 atom stereocenters. The Bertz CT molecular complexity index is 1470. The topological polar surface area (TPSA) is 121 Å². The highest BCUT2D eigenvalue weighted by atomic mass is 16.3. The number of phenols is 6. The molecule has 28 heavy (non-hydrogen) atoms. The average molecular weight is 374 g/mol. The van der Waals surface area contributed by atoms with Crippen molar-refractivity contribution in [1.82, 2.24) is 0 Å². The van der Waals surface area contributed by atoms with E-state index in [1.165, 1.54) is 6.07 Å². The van der Waals surface area contributed by atoms with Crippen LogP contribution in [-0.4, -0.2) is 30.6 Å². The van der Waals surface area contributed by atoms with Crippen LogP contribution in [0.4, 0.5) is 0 Å². The lowest BCUT2D eigenvalue weighted by molar-refractivity contribution is 0.351. The summed E-state index contributed by atoms with van der Waals surface area (Å²) in [6, 6.07) is 14.0. The lowest BCUT2D eigenvalue weighted by Crippen LogP contribution is -1.88. The molecule has 0 bridgehead atoms. The molecule has 0 radical (unpaired) electrons. The number of aromatic hydroxyl groups is 6. The smallest absolute Gasteiger partial charge is 0.204 e. The molecule has 0 aliphatic carbocycles. The highest BCUT2D eigenvalue weighted by Crippen LogP contribution is 2.56. The summed E-state index contributed by atoms with van der Waals surface area (Å²) in [6.07, 6.45) is 0. The van der Waals surface area contributed by atoms with Gasteiger partial charge in [-0.05, 0) is 33.7 Å².